The zero-order valence-electron chi connectivity index (χ0n) is 28.5. The van der Waals surface area contributed by atoms with E-state index in [-0.39, 0.29) is 24.3 Å². The minimum absolute atomic E-state index is 0.185. The Kier molecular flexibility index (Phi) is 13.4. The minimum Gasteiger partial charge on any atom is -0.497 e. The van der Waals surface area contributed by atoms with E-state index in [1.807, 2.05) is 98.8 Å². The van der Waals surface area contributed by atoms with Crippen LogP contribution in [0, 0.1) is 5.92 Å². The summed E-state index contributed by atoms with van der Waals surface area (Å²) in [4.78, 5) is 42.7. The van der Waals surface area contributed by atoms with Crippen LogP contribution in [0.3, 0.4) is 0 Å². The fraction of sp³-hybridized carbons (Fsp3) is 0.447. The number of alkyl carbamates (subject to hydrolysis) is 1. The smallest absolute Gasteiger partial charge is 0.407 e. The Hall–Kier alpha value is -4.41. The third kappa shape index (κ3) is 9.35. The average Bonchev–Trinajstić information content (AvgIpc) is 3.44. The predicted molar refractivity (Wildman–Crippen MR) is 185 cm³/mol. The second-order valence-corrected chi connectivity index (χ2v) is 12.5. The van der Waals surface area contributed by atoms with Crippen LogP contribution in [0.25, 0.3) is 0 Å². The number of benzene rings is 3. The molecule has 0 aliphatic carbocycles. The van der Waals surface area contributed by atoms with Gasteiger partial charge in [-0.3, -0.25) is 9.59 Å². The summed E-state index contributed by atoms with van der Waals surface area (Å²) in [6.07, 6.45) is 0.741. The third-order valence-electron chi connectivity index (χ3n) is 9.49. The van der Waals surface area contributed by atoms with Gasteiger partial charge in [0.2, 0.25) is 11.8 Å². The van der Waals surface area contributed by atoms with E-state index in [2.05, 4.69) is 16.0 Å². The van der Waals surface area contributed by atoms with Crippen LogP contribution in [0.15, 0.2) is 84.9 Å². The number of aliphatic hydroxyl groups excluding tert-OH is 1. The van der Waals surface area contributed by atoms with E-state index in [1.54, 1.807) is 12.0 Å². The van der Waals surface area contributed by atoms with Crippen LogP contribution in [0.1, 0.15) is 49.8 Å². The number of nitrogens with zero attached hydrogens (tertiary/aromatic N) is 1. The first-order chi connectivity index (χ1) is 23.2. The molecule has 0 radical (unpaired) electrons. The molecule has 1 heterocycles. The Labute approximate surface area is 284 Å². The first-order valence-electron chi connectivity index (χ1n) is 16.8. The molecule has 3 aromatic rings. The van der Waals surface area contributed by atoms with Gasteiger partial charge in [-0.1, -0.05) is 93.1 Å². The minimum atomic E-state index is -1.18. The van der Waals surface area contributed by atoms with Gasteiger partial charge in [0.15, 0.2) is 0 Å². The van der Waals surface area contributed by atoms with Crippen LogP contribution < -0.4 is 20.7 Å². The molecule has 1 fully saturated rings. The first-order valence-corrected chi connectivity index (χ1v) is 16.8. The Morgan fingerprint density at radius 3 is 2.27 bits per heavy atom. The number of methoxy groups -OCH3 is 2. The van der Waals surface area contributed by atoms with Crippen LogP contribution in [0.2, 0.25) is 0 Å². The summed E-state index contributed by atoms with van der Waals surface area (Å²) in [5, 5.41) is 20.8. The Morgan fingerprint density at radius 1 is 0.958 bits per heavy atom. The quantitative estimate of drug-likeness (QED) is 0.171. The molecule has 5 atom stereocenters. The molecule has 0 bridgehead atoms. The zero-order chi connectivity index (χ0) is 34.5. The van der Waals surface area contributed by atoms with Crippen molar-refractivity contribution < 1.29 is 29.0 Å². The number of hydrogen-bond acceptors (Lipinski definition) is 7. The molecule has 4 rings (SSSR count). The van der Waals surface area contributed by atoms with E-state index in [9.17, 15) is 19.5 Å². The summed E-state index contributed by atoms with van der Waals surface area (Å²) in [6.45, 7) is 4.94. The number of carbonyl (C=O) groups is 3. The van der Waals surface area contributed by atoms with Crippen LogP contribution in [-0.2, 0) is 33.7 Å². The van der Waals surface area contributed by atoms with Gasteiger partial charge >= 0.3 is 6.09 Å². The molecule has 0 spiro atoms. The maximum atomic E-state index is 14.3. The number of carbonyl (C=O) groups excluding carboxylic acids is 3. The van der Waals surface area contributed by atoms with Crippen molar-refractivity contribution in [1.29, 1.82) is 0 Å². The summed E-state index contributed by atoms with van der Waals surface area (Å²) >= 11 is 0. The lowest BCUT2D eigenvalue weighted by Crippen LogP contribution is -2.61. The number of amides is 3. The van der Waals surface area contributed by atoms with E-state index < -0.39 is 29.8 Å². The SMILES string of the molecule is CC[C@H](C)C1(NC(=O)OC)CCN([C@@H](CCc2ccccc2)C(=O)N[C@@H](Cc2ccccc2)[C@@H](O)CNCc2cccc(OC)c2)C1=O. The normalized spacial score (nSPS) is 18.4. The highest BCUT2D eigenvalue weighted by Gasteiger charge is 2.53. The first kappa shape index (κ1) is 36.4. The maximum Gasteiger partial charge on any atom is 0.407 e. The van der Waals surface area contributed by atoms with Gasteiger partial charge < -0.3 is 35.4 Å². The standard InChI is InChI=1S/C38H50N4O6/c1-5-27(2)38(41-37(46)48-4)21-22-42(36(38)45)33(20-19-28-13-8-6-9-14-28)35(44)40-32(24-29-15-10-7-11-16-29)34(43)26-39-25-30-17-12-18-31(23-30)47-3/h6-18,23,27,32-34,39,43H,5,19-22,24-26H2,1-4H3,(H,40,44)(H,41,46)/t27-,32-,33-,34-,38?/m0/s1. The fourth-order valence-corrected chi connectivity index (χ4v) is 6.43. The van der Waals surface area contributed by atoms with Crippen molar-refractivity contribution in [2.24, 2.45) is 5.92 Å². The van der Waals surface area contributed by atoms with Crippen LogP contribution in [0.5, 0.6) is 5.75 Å². The molecule has 1 unspecified atom stereocenters. The van der Waals surface area contributed by atoms with E-state index in [0.29, 0.717) is 45.2 Å². The average molecular weight is 659 g/mol. The number of nitrogens with one attached hydrogen (secondary N) is 3. The molecule has 3 aromatic carbocycles. The summed E-state index contributed by atoms with van der Waals surface area (Å²) in [5.74, 6) is -0.0721. The molecule has 1 aliphatic rings. The van der Waals surface area contributed by atoms with Crippen molar-refractivity contribution in [3.05, 3.63) is 102 Å². The van der Waals surface area contributed by atoms with Crippen molar-refractivity contribution in [3.8, 4) is 5.75 Å². The van der Waals surface area contributed by atoms with Crippen molar-refractivity contribution in [1.82, 2.24) is 20.9 Å². The highest BCUT2D eigenvalue weighted by Crippen LogP contribution is 2.34. The van der Waals surface area contributed by atoms with Crippen LogP contribution >= 0.6 is 0 Å². The van der Waals surface area contributed by atoms with Gasteiger partial charge in [-0.2, -0.15) is 0 Å². The molecule has 0 saturated carbocycles. The highest BCUT2D eigenvalue weighted by molar-refractivity contribution is 5.96. The van der Waals surface area contributed by atoms with E-state index in [4.69, 9.17) is 9.47 Å². The van der Waals surface area contributed by atoms with Crippen molar-refractivity contribution >= 4 is 17.9 Å². The number of rotatable bonds is 17. The molecule has 3 amide bonds. The molecule has 0 aromatic heterocycles. The number of aryl methyl sites for hydroxylation is 1. The second-order valence-electron chi connectivity index (χ2n) is 12.5. The van der Waals surface area contributed by atoms with Crippen molar-refractivity contribution in [2.45, 2.75) is 76.2 Å². The molecule has 10 nitrogen and oxygen atoms in total. The Bertz CT molecular complexity index is 1470. The van der Waals surface area contributed by atoms with Gasteiger partial charge in [-0.05, 0) is 60.4 Å². The molecular weight excluding hydrogens is 608 g/mol. The second kappa shape index (κ2) is 17.7. The molecule has 1 aliphatic heterocycles. The molecule has 48 heavy (non-hydrogen) atoms. The lowest BCUT2D eigenvalue weighted by molar-refractivity contribution is -0.142. The van der Waals surface area contributed by atoms with Gasteiger partial charge in [0.25, 0.3) is 0 Å². The number of likely N-dealkylation sites (tertiary alicyclic amines) is 1. The predicted octanol–water partition coefficient (Wildman–Crippen LogP) is 4.25. The lowest BCUT2D eigenvalue weighted by atomic mass is 9.82. The summed E-state index contributed by atoms with van der Waals surface area (Å²) in [5.41, 5.74) is 1.83. The number of ether oxygens (including phenoxy) is 2. The largest absolute Gasteiger partial charge is 0.497 e. The van der Waals surface area contributed by atoms with Crippen LogP contribution in [0.4, 0.5) is 4.79 Å². The summed E-state index contributed by atoms with van der Waals surface area (Å²) < 4.78 is 10.2. The molecular formula is C38H50N4O6. The van der Waals surface area contributed by atoms with Gasteiger partial charge in [-0.15, -0.1) is 0 Å². The van der Waals surface area contributed by atoms with Gasteiger partial charge in [0, 0.05) is 19.6 Å². The summed E-state index contributed by atoms with van der Waals surface area (Å²) in [6, 6.07) is 25.8. The summed E-state index contributed by atoms with van der Waals surface area (Å²) in [7, 11) is 2.90. The monoisotopic (exact) mass is 658 g/mol. The Balaban J connectivity index is 1.57. The topological polar surface area (TPSA) is 129 Å². The fourth-order valence-electron chi connectivity index (χ4n) is 6.43. The number of hydrogen-bond donors (Lipinski definition) is 4. The maximum absolute atomic E-state index is 14.3. The van der Waals surface area contributed by atoms with E-state index in [0.717, 1.165) is 22.4 Å². The van der Waals surface area contributed by atoms with E-state index >= 15 is 0 Å². The number of aliphatic hydroxyl groups is 1. The molecule has 1 saturated heterocycles. The third-order valence-corrected chi connectivity index (χ3v) is 9.49. The molecule has 4 N–H and O–H groups in total. The van der Waals surface area contributed by atoms with Gasteiger partial charge in [0.1, 0.15) is 17.3 Å². The van der Waals surface area contributed by atoms with Crippen molar-refractivity contribution in [3.63, 3.8) is 0 Å². The Morgan fingerprint density at radius 2 is 1.62 bits per heavy atom. The van der Waals surface area contributed by atoms with Crippen molar-refractivity contribution in [2.75, 3.05) is 27.3 Å². The highest BCUT2D eigenvalue weighted by atomic mass is 16.5. The van der Waals surface area contributed by atoms with E-state index in [1.165, 1.54) is 7.11 Å². The van der Waals surface area contributed by atoms with Gasteiger partial charge in [0.05, 0.1) is 26.4 Å². The molecule has 10 heteroatoms. The molecule has 258 valence electrons. The van der Waals surface area contributed by atoms with Crippen LogP contribution in [-0.4, -0.2) is 78.9 Å². The lowest BCUT2D eigenvalue weighted by Gasteiger charge is -2.36. The zero-order valence-corrected chi connectivity index (χ0v) is 28.5. The van der Waals surface area contributed by atoms with Gasteiger partial charge in [-0.25, -0.2) is 4.79 Å².